The van der Waals surface area contributed by atoms with Gasteiger partial charge in [0.05, 0.1) is 13.2 Å². The van der Waals surface area contributed by atoms with Gasteiger partial charge in [0.15, 0.2) is 0 Å². The summed E-state index contributed by atoms with van der Waals surface area (Å²) < 4.78 is 221. The van der Waals surface area contributed by atoms with Gasteiger partial charge in [-0.05, 0) is 13.8 Å². The van der Waals surface area contributed by atoms with E-state index in [9.17, 15) is 79.0 Å². The molecule has 0 saturated heterocycles. The molecular weight excluding hydrogens is 534 g/mol. The molecule has 0 heterocycles. The Hall–Kier alpha value is -1.38. The topological polar surface area (TPSA) is 50.0 Å². The molecule has 0 aliphatic rings. The zero-order chi connectivity index (χ0) is 26.8. The molecule has 3 nitrogen and oxygen atoms in total. The molecule has 0 rings (SSSR count). The van der Waals surface area contributed by atoms with Crippen LogP contribution in [0.5, 0.6) is 0 Å². The van der Waals surface area contributed by atoms with Crippen LogP contribution < -0.4 is 0 Å². The Morgan fingerprint density at radius 1 is 0.394 bits per heavy atom. The molecular formula is C12H12F18O3. The Kier molecular flexibility index (Phi) is 11.5. The molecule has 0 unspecified atom stereocenters. The van der Waals surface area contributed by atoms with Gasteiger partial charge >= 0.3 is 48.3 Å². The van der Waals surface area contributed by atoms with E-state index in [1.54, 1.807) is 0 Å². The fourth-order valence-electron chi connectivity index (χ4n) is 1.27. The highest BCUT2D eigenvalue weighted by atomic mass is 19.4. The SMILES string of the molecule is CCOC(F)(F)C(F)(F)C(F)(F)C(F)(F)F.CCOC(F)(F)C(F)(F)C(F)(F)C(F)(F)F.O. The zero-order valence-corrected chi connectivity index (χ0v) is 15.5. The Morgan fingerprint density at radius 2 is 0.576 bits per heavy atom. The van der Waals surface area contributed by atoms with Crippen LogP contribution in [0.25, 0.3) is 0 Å². The predicted octanol–water partition coefficient (Wildman–Crippen LogP) is 6.07. The van der Waals surface area contributed by atoms with Gasteiger partial charge in [0, 0.05) is 0 Å². The van der Waals surface area contributed by atoms with Crippen molar-refractivity contribution in [2.45, 2.75) is 62.1 Å². The van der Waals surface area contributed by atoms with Crippen molar-refractivity contribution in [1.29, 1.82) is 0 Å². The maximum Gasteiger partial charge on any atom is 0.460 e. The molecule has 33 heavy (non-hydrogen) atoms. The van der Waals surface area contributed by atoms with E-state index in [1.165, 1.54) is 0 Å². The highest BCUT2D eigenvalue weighted by Gasteiger charge is 2.83. The number of ether oxygens (including phenoxy) is 2. The van der Waals surface area contributed by atoms with Crippen molar-refractivity contribution in [2.75, 3.05) is 13.2 Å². The first-order valence-corrected chi connectivity index (χ1v) is 7.30. The number of rotatable bonds is 8. The van der Waals surface area contributed by atoms with Crippen molar-refractivity contribution < 1.29 is 94.0 Å². The van der Waals surface area contributed by atoms with E-state index < -0.39 is 61.5 Å². The standard InChI is InChI=1S/2C6H5F9O.H2O/c2*1-2-16-6(14,15)4(9,10)3(7,8)5(11,12)13;/h2*2H2,1H3;1H2. The van der Waals surface area contributed by atoms with Gasteiger partial charge in [-0.2, -0.15) is 79.0 Å². The first kappa shape index (κ1) is 36.2. The van der Waals surface area contributed by atoms with Gasteiger partial charge in [-0.15, -0.1) is 0 Å². The molecule has 0 spiro atoms. The average Bonchev–Trinajstić information content (AvgIpc) is 2.52. The van der Waals surface area contributed by atoms with Gasteiger partial charge in [-0.3, -0.25) is 0 Å². The molecule has 0 radical (unpaired) electrons. The van der Waals surface area contributed by atoms with Crippen molar-refractivity contribution in [3.63, 3.8) is 0 Å². The molecule has 0 saturated carbocycles. The van der Waals surface area contributed by atoms with E-state index in [0.29, 0.717) is 0 Å². The molecule has 204 valence electrons. The minimum Gasteiger partial charge on any atom is -0.412 e. The molecule has 0 aromatic carbocycles. The van der Waals surface area contributed by atoms with Gasteiger partial charge in [0.1, 0.15) is 0 Å². The summed E-state index contributed by atoms with van der Waals surface area (Å²) in [5.41, 5.74) is 0. The highest BCUT2D eigenvalue weighted by molar-refractivity contribution is 4.97. The monoisotopic (exact) mass is 546 g/mol. The summed E-state index contributed by atoms with van der Waals surface area (Å²) in [7, 11) is 0. The van der Waals surface area contributed by atoms with Crippen molar-refractivity contribution >= 4 is 0 Å². The molecule has 0 aliphatic heterocycles. The Morgan fingerprint density at radius 3 is 0.697 bits per heavy atom. The molecule has 0 aliphatic carbocycles. The lowest BCUT2D eigenvalue weighted by molar-refractivity contribution is -0.443. The van der Waals surface area contributed by atoms with Gasteiger partial charge in [-0.1, -0.05) is 0 Å². The van der Waals surface area contributed by atoms with E-state index >= 15 is 0 Å². The lowest BCUT2D eigenvalue weighted by atomic mass is 10.1. The molecule has 0 fully saturated rings. The molecule has 0 aromatic heterocycles. The molecule has 21 heteroatoms. The quantitative estimate of drug-likeness (QED) is 0.347. The van der Waals surface area contributed by atoms with Crippen LogP contribution in [0.4, 0.5) is 79.0 Å². The van der Waals surface area contributed by atoms with Crippen LogP contribution in [-0.4, -0.2) is 66.9 Å². The third-order valence-corrected chi connectivity index (χ3v) is 2.88. The first-order chi connectivity index (χ1) is 13.6. The second-order valence-electron chi connectivity index (χ2n) is 5.19. The van der Waals surface area contributed by atoms with Crippen molar-refractivity contribution in [2.24, 2.45) is 0 Å². The van der Waals surface area contributed by atoms with E-state index in [1.807, 2.05) is 0 Å². The van der Waals surface area contributed by atoms with Crippen molar-refractivity contribution in [3.05, 3.63) is 0 Å². The van der Waals surface area contributed by atoms with Crippen LogP contribution in [0, 0.1) is 0 Å². The Labute approximate surface area is 170 Å². The minimum absolute atomic E-state index is 0. The second kappa shape index (κ2) is 10.5. The maximum atomic E-state index is 12.3. The third kappa shape index (κ3) is 6.83. The summed E-state index contributed by atoms with van der Waals surface area (Å²) in [5, 5.41) is 0. The maximum absolute atomic E-state index is 12.3. The van der Waals surface area contributed by atoms with E-state index in [0.717, 1.165) is 13.8 Å². The lowest BCUT2D eigenvalue weighted by Gasteiger charge is -2.32. The van der Waals surface area contributed by atoms with Gasteiger partial charge < -0.3 is 14.9 Å². The number of hydrogen-bond donors (Lipinski definition) is 0. The van der Waals surface area contributed by atoms with Crippen molar-refractivity contribution in [1.82, 2.24) is 0 Å². The van der Waals surface area contributed by atoms with E-state index in [4.69, 9.17) is 0 Å². The number of hydrogen-bond acceptors (Lipinski definition) is 2. The fourth-order valence-corrected chi connectivity index (χ4v) is 1.27. The average molecular weight is 546 g/mol. The lowest BCUT2D eigenvalue weighted by Crippen LogP contribution is -2.61. The minimum atomic E-state index is -6.89. The molecule has 0 atom stereocenters. The first-order valence-electron chi connectivity index (χ1n) is 7.30. The van der Waals surface area contributed by atoms with E-state index in [2.05, 4.69) is 9.47 Å². The largest absolute Gasteiger partial charge is 0.460 e. The predicted molar refractivity (Wildman–Crippen MR) is 68.7 cm³/mol. The smallest absolute Gasteiger partial charge is 0.412 e. The van der Waals surface area contributed by atoms with Crippen LogP contribution in [0.2, 0.25) is 0 Å². The summed E-state index contributed by atoms with van der Waals surface area (Å²) >= 11 is 0. The molecule has 2 N–H and O–H groups in total. The number of alkyl halides is 18. The van der Waals surface area contributed by atoms with Gasteiger partial charge in [0.25, 0.3) is 0 Å². The molecule has 0 amide bonds. The van der Waals surface area contributed by atoms with E-state index in [-0.39, 0.29) is 5.48 Å². The van der Waals surface area contributed by atoms with Gasteiger partial charge in [-0.25, -0.2) is 0 Å². The van der Waals surface area contributed by atoms with Crippen LogP contribution in [0.3, 0.4) is 0 Å². The fraction of sp³-hybridized carbons (Fsp3) is 1.00. The van der Waals surface area contributed by atoms with Gasteiger partial charge in [0.2, 0.25) is 0 Å². The number of halogens is 18. The Bertz CT molecular complexity index is 541. The van der Waals surface area contributed by atoms with Crippen LogP contribution in [-0.2, 0) is 9.47 Å². The Balaban J connectivity index is -0.000000529. The molecule has 0 bridgehead atoms. The van der Waals surface area contributed by atoms with Crippen LogP contribution in [0.1, 0.15) is 13.8 Å². The van der Waals surface area contributed by atoms with Crippen LogP contribution in [0.15, 0.2) is 0 Å². The summed E-state index contributed by atoms with van der Waals surface area (Å²) in [4.78, 5) is 0. The molecule has 0 aromatic rings. The highest BCUT2D eigenvalue weighted by Crippen LogP contribution is 2.54. The normalized spacial score (nSPS) is 14.9. The second-order valence-corrected chi connectivity index (χ2v) is 5.19. The van der Waals surface area contributed by atoms with Crippen LogP contribution >= 0.6 is 0 Å². The zero-order valence-electron chi connectivity index (χ0n) is 15.5. The van der Waals surface area contributed by atoms with Crippen molar-refractivity contribution in [3.8, 4) is 0 Å². The summed E-state index contributed by atoms with van der Waals surface area (Å²) in [6, 6.07) is 0. The summed E-state index contributed by atoms with van der Waals surface area (Å²) in [6.07, 6.45) is -25.4. The summed E-state index contributed by atoms with van der Waals surface area (Å²) in [6.45, 7) is -0.849. The summed E-state index contributed by atoms with van der Waals surface area (Å²) in [5.74, 6) is -27.2. The third-order valence-electron chi connectivity index (χ3n) is 2.88.